The maximum Gasteiger partial charge on any atom is 0.343 e. The topological polar surface area (TPSA) is 61.6 Å². The van der Waals surface area contributed by atoms with Crippen molar-refractivity contribution in [3.63, 3.8) is 0 Å². The van der Waals surface area contributed by atoms with Crippen molar-refractivity contribution in [1.82, 2.24) is 0 Å². The lowest BCUT2D eigenvalue weighted by Gasteiger charge is -2.11. The molecule has 0 amide bonds. The number of nitrogens with two attached hydrogens (primary N) is 1. The molecule has 0 bridgehead atoms. The number of hydrogen-bond donors (Lipinski definition) is 1. The van der Waals surface area contributed by atoms with Gasteiger partial charge in [0.05, 0.1) is 12.7 Å². The van der Waals surface area contributed by atoms with Gasteiger partial charge in [-0.3, -0.25) is 0 Å². The molecule has 0 spiro atoms. The molecule has 0 fully saturated rings. The maximum absolute atomic E-state index is 12.0. The zero-order valence-corrected chi connectivity index (χ0v) is 11.3. The summed E-state index contributed by atoms with van der Waals surface area (Å²) in [5, 5.41) is 0. The fourth-order valence-electron chi connectivity index (χ4n) is 1.86. The molecule has 2 N–H and O–H groups in total. The van der Waals surface area contributed by atoms with E-state index in [0.717, 1.165) is 12.0 Å². The average Bonchev–Trinajstić information content (AvgIpc) is 2.49. The minimum Gasteiger partial charge on any atom is -0.493 e. The lowest BCUT2D eigenvalue weighted by Crippen LogP contribution is -2.10. The Morgan fingerprint density at radius 2 is 1.85 bits per heavy atom. The summed E-state index contributed by atoms with van der Waals surface area (Å²) in [5.41, 5.74) is 7.04. The van der Waals surface area contributed by atoms with Crippen LogP contribution in [-0.2, 0) is 6.42 Å². The van der Waals surface area contributed by atoms with E-state index in [0.29, 0.717) is 23.6 Å². The summed E-state index contributed by atoms with van der Waals surface area (Å²) in [4.78, 5) is 12.0. The van der Waals surface area contributed by atoms with E-state index in [9.17, 15) is 4.79 Å². The van der Waals surface area contributed by atoms with Crippen molar-refractivity contribution in [3.8, 4) is 11.5 Å². The highest BCUT2D eigenvalue weighted by Gasteiger charge is 2.12. The largest absolute Gasteiger partial charge is 0.493 e. The molecule has 2 rings (SSSR count). The molecule has 20 heavy (non-hydrogen) atoms. The van der Waals surface area contributed by atoms with Gasteiger partial charge in [0.25, 0.3) is 0 Å². The molecule has 0 saturated heterocycles. The normalized spacial score (nSPS) is 10.1. The van der Waals surface area contributed by atoms with Gasteiger partial charge >= 0.3 is 5.97 Å². The molecule has 4 heteroatoms. The zero-order valence-electron chi connectivity index (χ0n) is 11.3. The van der Waals surface area contributed by atoms with Crippen LogP contribution in [0.15, 0.2) is 48.5 Å². The van der Waals surface area contributed by atoms with E-state index >= 15 is 0 Å². The summed E-state index contributed by atoms with van der Waals surface area (Å²) >= 11 is 0. The van der Waals surface area contributed by atoms with Crippen molar-refractivity contribution in [3.05, 3.63) is 59.7 Å². The summed E-state index contributed by atoms with van der Waals surface area (Å²) in [7, 11) is 1.54. The minimum atomic E-state index is -0.409. The molecule has 0 aliphatic rings. The fraction of sp³-hybridized carbons (Fsp3) is 0.188. The second-order valence-electron chi connectivity index (χ2n) is 4.28. The number of benzene rings is 2. The third-order valence-electron chi connectivity index (χ3n) is 2.87. The van der Waals surface area contributed by atoms with Gasteiger partial charge < -0.3 is 15.2 Å². The summed E-state index contributed by atoms with van der Waals surface area (Å²) in [5.74, 6) is 0.524. The van der Waals surface area contributed by atoms with E-state index in [2.05, 4.69) is 0 Å². The number of carbonyl (C=O) groups is 1. The highest BCUT2D eigenvalue weighted by Crippen LogP contribution is 2.29. The molecular formula is C16H17NO3. The SMILES string of the molecule is COc1ccc(CCN)cc1OC(=O)c1ccccc1. The molecular weight excluding hydrogens is 254 g/mol. The Labute approximate surface area is 118 Å². The van der Waals surface area contributed by atoms with Gasteiger partial charge in [0.15, 0.2) is 11.5 Å². The number of carbonyl (C=O) groups excluding carboxylic acids is 1. The number of methoxy groups -OCH3 is 1. The van der Waals surface area contributed by atoms with Crippen molar-refractivity contribution in [2.24, 2.45) is 5.73 Å². The molecule has 2 aromatic carbocycles. The molecule has 0 aliphatic carbocycles. The van der Waals surface area contributed by atoms with Crippen LogP contribution in [0.3, 0.4) is 0 Å². The molecule has 0 unspecified atom stereocenters. The van der Waals surface area contributed by atoms with E-state index in [-0.39, 0.29) is 0 Å². The predicted molar refractivity (Wildman–Crippen MR) is 77.2 cm³/mol. The van der Waals surface area contributed by atoms with E-state index in [1.54, 1.807) is 36.4 Å². The van der Waals surface area contributed by atoms with Gasteiger partial charge in [-0.1, -0.05) is 24.3 Å². The van der Waals surface area contributed by atoms with Gasteiger partial charge in [0, 0.05) is 0 Å². The predicted octanol–water partition coefficient (Wildman–Crippen LogP) is 2.42. The smallest absolute Gasteiger partial charge is 0.343 e. The minimum absolute atomic E-state index is 0.409. The number of ether oxygens (including phenoxy) is 2. The standard InChI is InChI=1S/C16H17NO3/c1-19-14-8-7-12(9-10-17)11-15(14)20-16(18)13-5-3-2-4-6-13/h2-8,11H,9-10,17H2,1H3. The molecule has 104 valence electrons. The van der Waals surface area contributed by atoms with Crippen molar-refractivity contribution in [1.29, 1.82) is 0 Å². The van der Waals surface area contributed by atoms with Crippen molar-refractivity contribution < 1.29 is 14.3 Å². The van der Waals surface area contributed by atoms with Gasteiger partial charge in [0.1, 0.15) is 0 Å². The first-order valence-corrected chi connectivity index (χ1v) is 6.39. The van der Waals surface area contributed by atoms with Gasteiger partial charge in [-0.2, -0.15) is 0 Å². The Morgan fingerprint density at radius 1 is 1.10 bits per heavy atom. The number of hydrogen-bond acceptors (Lipinski definition) is 4. The second-order valence-corrected chi connectivity index (χ2v) is 4.28. The van der Waals surface area contributed by atoms with Gasteiger partial charge in [-0.25, -0.2) is 4.79 Å². The molecule has 2 aromatic rings. The quantitative estimate of drug-likeness (QED) is 0.670. The Morgan fingerprint density at radius 3 is 2.50 bits per heavy atom. The fourth-order valence-corrected chi connectivity index (χ4v) is 1.86. The first-order valence-electron chi connectivity index (χ1n) is 6.39. The van der Waals surface area contributed by atoms with Crippen LogP contribution >= 0.6 is 0 Å². The van der Waals surface area contributed by atoms with E-state index in [1.165, 1.54) is 7.11 Å². The van der Waals surface area contributed by atoms with Crippen LogP contribution < -0.4 is 15.2 Å². The van der Waals surface area contributed by atoms with Crippen LogP contribution in [0.25, 0.3) is 0 Å². The average molecular weight is 271 g/mol. The van der Waals surface area contributed by atoms with E-state index < -0.39 is 5.97 Å². The van der Waals surface area contributed by atoms with Crippen LogP contribution in [-0.4, -0.2) is 19.6 Å². The maximum atomic E-state index is 12.0. The monoisotopic (exact) mass is 271 g/mol. The molecule has 0 aromatic heterocycles. The Hall–Kier alpha value is -2.33. The van der Waals surface area contributed by atoms with Crippen LogP contribution in [0.1, 0.15) is 15.9 Å². The van der Waals surface area contributed by atoms with Gasteiger partial charge in [-0.15, -0.1) is 0 Å². The third-order valence-corrected chi connectivity index (χ3v) is 2.87. The molecule has 0 radical (unpaired) electrons. The zero-order chi connectivity index (χ0) is 14.4. The third kappa shape index (κ3) is 3.36. The van der Waals surface area contributed by atoms with Crippen molar-refractivity contribution in [2.45, 2.75) is 6.42 Å². The van der Waals surface area contributed by atoms with E-state index in [4.69, 9.17) is 15.2 Å². The number of esters is 1. The van der Waals surface area contributed by atoms with E-state index in [1.807, 2.05) is 12.1 Å². The summed E-state index contributed by atoms with van der Waals surface area (Å²) in [6.45, 7) is 0.540. The lowest BCUT2D eigenvalue weighted by atomic mass is 10.1. The Kier molecular flexibility index (Phi) is 4.74. The van der Waals surface area contributed by atoms with Crippen molar-refractivity contribution >= 4 is 5.97 Å². The number of rotatable bonds is 5. The molecule has 0 aliphatic heterocycles. The van der Waals surface area contributed by atoms with Crippen LogP contribution in [0.4, 0.5) is 0 Å². The summed E-state index contributed by atoms with van der Waals surface area (Å²) in [6.07, 6.45) is 0.722. The highest BCUT2D eigenvalue weighted by atomic mass is 16.6. The second kappa shape index (κ2) is 6.73. The Balaban J connectivity index is 2.23. The Bertz CT molecular complexity index is 582. The molecule has 0 atom stereocenters. The van der Waals surface area contributed by atoms with Crippen LogP contribution in [0.2, 0.25) is 0 Å². The molecule has 4 nitrogen and oxygen atoms in total. The molecule has 0 heterocycles. The summed E-state index contributed by atoms with van der Waals surface area (Å²) < 4.78 is 10.6. The lowest BCUT2D eigenvalue weighted by molar-refractivity contribution is 0.0729. The van der Waals surface area contributed by atoms with Gasteiger partial charge in [-0.05, 0) is 42.8 Å². The van der Waals surface area contributed by atoms with Crippen molar-refractivity contribution in [2.75, 3.05) is 13.7 Å². The van der Waals surface area contributed by atoms with Gasteiger partial charge in [0.2, 0.25) is 0 Å². The van der Waals surface area contributed by atoms with Crippen LogP contribution in [0, 0.1) is 0 Å². The van der Waals surface area contributed by atoms with Crippen LogP contribution in [0.5, 0.6) is 11.5 Å². The molecule has 0 saturated carbocycles. The first-order chi connectivity index (χ1) is 9.74. The first kappa shape index (κ1) is 14.1. The summed E-state index contributed by atoms with van der Waals surface area (Å²) in [6, 6.07) is 14.3. The highest BCUT2D eigenvalue weighted by molar-refractivity contribution is 5.91.